The second-order valence-electron chi connectivity index (χ2n) is 6.09. The number of nitrogens with zero attached hydrogens (tertiary/aromatic N) is 3. The van der Waals surface area contributed by atoms with Crippen molar-refractivity contribution >= 4 is 16.8 Å². The maximum absolute atomic E-state index is 13.1. The molecule has 0 saturated carbocycles. The molecule has 0 saturated heterocycles. The Bertz CT molecular complexity index is 1050. The first-order valence-electron chi connectivity index (χ1n) is 8.41. The Kier molecular flexibility index (Phi) is 4.19. The number of hydrogen-bond donors (Lipinski definition) is 1. The van der Waals surface area contributed by atoms with Gasteiger partial charge in [-0.05, 0) is 23.8 Å². The minimum Gasteiger partial charge on any atom is -0.338 e. The number of benzene rings is 2. The van der Waals surface area contributed by atoms with Crippen molar-refractivity contribution in [2.24, 2.45) is 7.05 Å². The highest BCUT2D eigenvalue weighted by atomic mass is 16.1. The van der Waals surface area contributed by atoms with Gasteiger partial charge in [0, 0.05) is 36.6 Å². The number of carbonyl (C=O) groups excluding carboxylic acids is 1. The largest absolute Gasteiger partial charge is 0.338 e. The number of amides is 1. The van der Waals surface area contributed by atoms with Crippen molar-refractivity contribution in [2.75, 3.05) is 0 Å². The molecule has 1 amide bonds. The molecule has 0 radical (unpaired) electrons. The predicted octanol–water partition coefficient (Wildman–Crippen LogP) is 3.49. The third kappa shape index (κ3) is 2.95. The Morgan fingerprint density at radius 3 is 2.58 bits per heavy atom. The maximum atomic E-state index is 13.1. The second kappa shape index (κ2) is 6.80. The van der Waals surface area contributed by atoms with E-state index in [9.17, 15) is 4.79 Å². The van der Waals surface area contributed by atoms with Crippen molar-refractivity contribution < 1.29 is 4.79 Å². The van der Waals surface area contributed by atoms with Gasteiger partial charge >= 0.3 is 0 Å². The standard InChI is InChI=1S/C21H18N4O/c1-25-14-13-23-20(25)19(15-7-3-2-4-8-15)24-21(26)17-9-5-11-18-16(17)10-6-12-22-18/h2-14,19H,1H3,(H,24,26). The lowest BCUT2D eigenvalue weighted by atomic mass is 10.0. The highest BCUT2D eigenvalue weighted by Crippen LogP contribution is 2.22. The zero-order chi connectivity index (χ0) is 17.9. The monoisotopic (exact) mass is 342 g/mol. The van der Waals surface area contributed by atoms with Crippen molar-refractivity contribution in [3.05, 3.63) is 96.2 Å². The summed E-state index contributed by atoms with van der Waals surface area (Å²) in [6.45, 7) is 0. The van der Waals surface area contributed by atoms with Crippen LogP contribution in [0.3, 0.4) is 0 Å². The van der Waals surface area contributed by atoms with E-state index in [-0.39, 0.29) is 11.9 Å². The first-order chi connectivity index (χ1) is 12.7. The predicted molar refractivity (Wildman–Crippen MR) is 101 cm³/mol. The van der Waals surface area contributed by atoms with E-state index < -0.39 is 0 Å². The fourth-order valence-electron chi connectivity index (χ4n) is 3.11. The highest BCUT2D eigenvalue weighted by molar-refractivity contribution is 6.06. The number of hydrogen-bond acceptors (Lipinski definition) is 3. The van der Waals surface area contributed by atoms with Gasteiger partial charge in [-0.25, -0.2) is 4.98 Å². The molecule has 128 valence electrons. The van der Waals surface area contributed by atoms with Gasteiger partial charge in [-0.3, -0.25) is 9.78 Å². The van der Waals surface area contributed by atoms with Gasteiger partial charge in [-0.15, -0.1) is 0 Å². The van der Waals surface area contributed by atoms with E-state index >= 15 is 0 Å². The number of fused-ring (bicyclic) bond motifs is 1. The minimum atomic E-state index is -0.337. The van der Waals surface area contributed by atoms with Crippen LogP contribution in [0.25, 0.3) is 10.9 Å². The number of aryl methyl sites for hydroxylation is 1. The Morgan fingerprint density at radius 1 is 0.962 bits per heavy atom. The Morgan fingerprint density at radius 2 is 1.81 bits per heavy atom. The smallest absolute Gasteiger partial charge is 0.252 e. The van der Waals surface area contributed by atoms with E-state index in [1.54, 1.807) is 12.4 Å². The van der Waals surface area contributed by atoms with E-state index in [1.807, 2.05) is 78.5 Å². The minimum absolute atomic E-state index is 0.152. The lowest BCUT2D eigenvalue weighted by Crippen LogP contribution is -2.31. The number of imidazole rings is 1. The third-order valence-electron chi connectivity index (χ3n) is 4.42. The van der Waals surface area contributed by atoms with E-state index in [1.165, 1.54) is 0 Å². The summed E-state index contributed by atoms with van der Waals surface area (Å²) in [6.07, 6.45) is 5.34. The van der Waals surface area contributed by atoms with Crippen molar-refractivity contribution in [1.29, 1.82) is 0 Å². The molecule has 2 aromatic heterocycles. The fourth-order valence-corrected chi connectivity index (χ4v) is 3.11. The number of nitrogens with one attached hydrogen (secondary N) is 1. The molecule has 0 spiro atoms. The van der Waals surface area contributed by atoms with Gasteiger partial charge < -0.3 is 9.88 Å². The summed E-state index contributed by atoms with van der Waals surface area (Å²) in [4.78, 5) is 21.8. The average Bonchev–Trinajstić information content (AvgIpc) is 3.12. The van der Waals surface area contributed by atoms with E-state index in [4.69, 9.17) is 0 Å². The second-order valence-corrected chi connectivity index (χ2v) is 6.09. The van der Waals surface area contributed by atoms with Crippen molar-refractivity contribution in [1.82, 2.24) is 19.9 Å². The number of rotatable bonds is 4. The van der Waals surface area contributed by atoms with Crippen LogP contribution in [0.2, 0.25) is 0 Å². The van der Waals surface area contributed by atoms with Crippen LogP contribution >= 0.6 is 0 Å². The third-order valence-corrected chi connectivity index (χ3v) is 4.42. The van der Waals surface area contributed by atoms with Crippen molar-refractivity contribution in [3.63, 3.8) is 0 Å². The van der Waals surface area contributed by atoms with Crippen LogP contribution in [-0.2, 0) is 7.05 Å². The Labute approximate surface area is 151 Å². The maximum Gasteiger partial charge on any atom is 0.252 e. The van der Waals surface area contributed by atoms with Gasteiger partial charge in [0.15, 0.2) is 0 Å². The molecule has 0 aliphatic heterocycles. The SMILES string of the molecule is Cn1ccnc1C(NC(=O)c1cccc2ncccc12)c1ccccc1. The van der Waals surface area contributed by atoms with Gasteiger partial charge in [-0.2, -0.15) is 0 Å². The first-order valence-corrected chi connectivity index (χ1v) is 8.41. The summed E-state index contributed by atoms with van der Waals surface area (Å²) in [6, 6.07) is 18.8. The number of pyridine rings is 1. The van der Waals surface area contributed by atoms with Crippen LogP contribution in [0.15, 0.2) is 79.3 Å². The molecule has 2 aromatic carbocycles. The summed E-state index contributed by atoms with van der Waals surface area (Å²) >= 11 is 0. The molecule has 4 rings (SSSR count). The zero-order valence-electron chi connectivity index (χ0n) is 14.3. The lowest BCUT2D eigenvalue weighted by Gasteiger charge is -2.19. The molecule has 0 fully saturated rings. The summed E-state index contributed by atoms with van der Waals surface area (Å²) in [5.74, 6) is 0.628. The molecule has 0 aliphatic rings. The Balaban J connectivity index is 1.74. The molecule has 5 heteroatoms. The molecule has 26 heavy (non-hydrogen) atoms. The van der Waals surface area contributed by atoms with Crippen LogP contribution in [0.1, 0.15) is 27.8 Å². The summed E-state index contributed by atoms with van der Waals surface area (Å²) in [5, 5.41) is 3.97. The molecular weight excluding hydrogens is 324 g/mol. The van der Waals surface area contributed by atoms with E-state index in [0.717, 1.165) is 22.3 Å². The Hall–Kier alpha value is -3.47. The molecule has 1 N–H and O–H groups in total. The zero-order valence-corrected chi connectivity index (χ0v) is 14.3. The first kappa shape index (κ1) is 16.0. The average molecular weight is 342 g/mol. The molecule has 1 atom stereocenters. The lowest BCUT2D eigenvalue weighted by molar-refractivity contribution is 0.0943. The molecule has 0 bridgehead atoms. The summed E-state index contributed by atoms with van der Waals surface area (Å²) in [7, 11) is 1.92. The van der Waals surface area contributed by atoms with Crippen LogP contribution in [0.4, 0.5) is 0 Å². The molecule has 5 nitrogen and oxygen atoms in total. The quantitative estimate of drug-likeness (QED) is 0.618. The molecule has 0 aliphatic carbocycles. The van der Waals surface area contributed by atoms with Crippen LogP contribution in [-0.4, -0.2) is 20.4 Å². The van der Waals surface area contributed by atoms with Crippen LogP contribution < -0.4 is 5.32 Å². The van der Waals surface area contributed by atoms with Gasteiger partial charge in [-0.1, -0.05) is 42.5 Å². The van der Waals surface area contributed by atoms with Crippen molar-refractivity contribution in [3.8, 4) is 0 Å². The molecule has 2 heterocycles. The topological polar surface area (TPSA) is 59.8 Å². The van der Waals surface area contributed by atoms with Gasteiger partial charge in [0.05, 0.1) is 5.52 Å². The summed E-state index contributed by atoms with van der Waals surface area (Å²) in [5.41, 5.74) is 2.38. The molecule has 4 aromatic rings. The molecule has 1 unspecified atom stereocenters. The van der Waals surface area contributed by atoms with E-state index in [0.29, 0.717) is 5.56 Å². The van der Waals surface area contributed by atoms with Crippen molar-refractivity contribution in [2.45, 2.75) is 6.04 Å². The van der Waals surface area contributed by atoms with Gasteiger partial charge in [0.2, 0.25) is 0 Å². The number of carbonyl (C=O) groups is 1. The fraction of sp³-hybridized carbons (Fsp3) is 0.0952. The van der Waals surface area contributed by atoms with Gasteiger partial charge in [0.1, 0.15) is 11.9 Å². The highest BCUT2D eigenvalue weighted by Gasteiger charge is 2.22. The van der Waals surface area contributed by atoms with E-state index in [2.05, 4.69) is 15.3 Å². The molecular formula is C21H18N4O. The van der Waals surface area contributed by atoms with Crippen LogP contribution in [0.5, 0.6) is 0 Å². The summed E-state index contributed by atoms with van der Waals surface area (Å²) < 4.78 is 1.92. The normalized spacial score (nSPS) is 12.0. The van der Waals surface area contributed by atoms with Gasteiger partial charge in [0.25, 0.3) is 5.91 Å². The van der Waals surface area contributed by atoms with Crippen LogP contribution in [0, 0.1) is 0 Å². The number of aromatic nitrogens is 3.